The Kier molecular flexibility index (Phi) is 9.14. The molecule has 1 aliphatic rings. The van der Waals surface area contributed by atoms with Crippen LogP contribution < -0.4 is 22.5 Å². The Morgan fingerprint density at radius 3 is 2.62 bits per heavy atom. The monoisotopic (exact) mass is 541 g/mol. The van der Waals surface area contributed by atoms with Gasteiger partial charge >= 0.3 is 0 Å². The third-order valence-corrected chi connectivity index (χ3v) is 8.28. The SMILES string of the molecule is C[C@@H]1CN(C(=O)[C@H](N)Cc2ccc3ccccc3c2)[C@@H](CCCNC(N)N)CN1CCc1c[nH]c2ccccc12. The molecule has 5 rings (SSSR count). The van der Waals surface area contributed by atoms with Crippen molar-refractivity contribution >= 4 is 27.6 Å². The maximum absolute atomic E-state index is 13.8. The summed E-state index contributed by atoms with van der Waals surface area (Å²) in [5.41, 5.74) is 21.5. The molecule has 0 saturated carbocycles. The number of nitrogens with zero attached hydrogens (tertiary/aromatic N) is 2. The predicted octanol–water partition coefficient (Wildman–Crippen LogP) is 2.91. The summed E-state index contributed by atoms with van der Waals surface area (Å²) < 4.78 is 0. The number of hydrogen-bond acceptors (Lipinski definition) is 6. The average Bonchev–Trinajstić information content (AvgIpc) is 3.37. The molecule has 4 aromatic rings. The summed E-state index contributed by atoms with van der Waals surface area (Å²) in [6, 6.07) is 22.8. The number of rotatable bonds is 11. The zero-order valence-corrected chi connectivity index (χ0v) is 23.4. The van der Waals surface area contributed by atoms with Gasteiger partial charge in [-0.1, -0.05) is 60.7 Å². The molecule has 8 heteroatoms. The van der Waals surface area contributed by atoms with E-state index in [-0.39, 0.29) is 18.0 Å². The van der Waals surface area contributed by atoms with Crippen molar-refractivity contribution in [3.8, 4) is 0 Å². The number of aromatic amines is 1. The first-order valence-electron chi connectivity index (χ1n) is 14.5. The van der Waals surface area contributed by atoms with Crippen LogP contribution in [-0.4, -0.2) is 71.3 Å². The van der Waals surface area contributed by atoms with Gasteiger partial charge in [-0.2, -0.15) is 0 Å². The molecule has 40 heavy (non-hydrogen) atoms. The van der Waals surface area contributed by atoms with E-state index in [2.05, 4.69) is 82.9 Å². The Bertz CT molecular complexity index is 1420. The van der Waals surface area contributed by atoms with Crippen molar-refractivity contribution in [3.05, 3.63) is 84.1 Å². The zero-order valence-electron chi connectivity index (χ0n) is 23.4. The predicted molar refractivity (Wildman–Crippen MR) is 164 cm³/mol. The first kappa shape index (κ1) is 28.3. The maximum atomic E-state index is 13.8. The van der Waals surface area contributed by atoms with Gasteiger partial charge in [0.2, 0.25) is 5.91 Å². The maximum Gasteiger partial charge on any atom is 0.240 e. The summed E-state index contributed by atoms with van der Waals surface area (Å²) in [4.78, 5) is 21.7. The lowest BCUT2D eigenvalue weighted by atomic mass is 9.98. The van der Waals surface area contributed by atoms with Crippen molar-refractivity contribution in [1.82, 2.24) is 20.1 Å². The normalized spacial score (nSPS) is 19.1. The van der Waals surface area contributed by atoms with E-state index in [1.807, 2.05) is 17.0 Å². The van der Waals surface area contributed by atoms with Crippen LogP contribution in [0.3, 0.4) is 0 Å². The topological polar surface area (TPSA) is 129 Å². The van der Waals surface area contributed by atoms with Gasteiger partial charge in [0.05, 0.1) is 6.04 Å². The Labute approximate surface area is 236 Å². The molecular weight excluding hydrogens is 498 g/mol. The molecule has 1 saturated heterocycles. The quantitative estimate of drug-likeness (QED) is 0.147. The Morgan fingerprint density at radius 2 is 1.80 bits per heavy atom. The highest BCUT2D eigenvalue weighted by Gasteiger charge is 2.35. The van der Waals surface area contributed by atoms with Gasteiger partial charge in [0.25, 0.3) is 0 Å². The molecule has 2 heterocycles. The highest BCUT2D eigenvalue weighted by Crippen LogP contribution is 2.24. The summed E-state index contributed by atoms with van der Waals surface area (Å²) in [5.74, 6) is 0.0322. The first-order valence-corrected chi connectivity index (χ1v) is 14.5. The van der Waals surface area contributed by atoms with Crippen LogP contribution in [-0.2, 0) is 17.6 Å². The molecular formula is C32H43N7O. The number of H-pyrrole nitrogens is 1. The number of aromatic nitrogens is 1. The van der Waals surface area contributed by atoms with Crippen LogP contribution in [0.1, 0.15) is 30.9 Å². The number of benzene rings is 3. The van der Waals surface area contributed by atoms with E-state index in [1.165, 1.54) is 27.2 Å². The minimum absolute atomic E-state index is 0.0322. The molecule has 3 atom stereocenters. The van der Waals surface area contributed by atoms with Crippen LogP contribution in [0.5, 0.6) is 0 Å². The lowest BCUT2D eigenvalue weighted by Crippen LogP contribution is -2.62. The molecule has 1 fully saturated rings. The molecule has 8 N–H and O–H groups in total. The van der Waals surface area contributed by atoms with Gasteiger partial charge in [-0.25, -0.2) is 0 Å². The van der Waals surface area contributed by atoms with Crippen molar-refractivity contribution in [3.63, 3.8) is 0 Å². The number of fused-ring (bicyclic) bond motifs is 2. The van der Waals surface area contributed by atoms with E-state index in [4.69, 9.17) is 17.2 Å². The minimum atomic E-state index is -0.579. The molecule has 3 aromatic carbocycles. The number of hydrogen-bond donors (Lipinski definition) is 5. The summed E-state index contributed by atoms with van der Waals surface area (Å²) in [6.45, 7) is 5.37. The van der Waals surface area contributed by atoms with E-state index < -0.39 is 12.3 Å². The molecule has 212 valence electrons. The molecule has 0 unspecified atom stereocenters. The lowest BCUT2D eigenvalue weighted by Gasteiger charge is -2.46. The van der Waals surface area contributed by atoms with Crippen LogP contribution in [0.15, 0.2) is 72.9 Å². The van der Waals surface area contributed by atoms with Crippen molar-refractivity contribution in [2.75, 3.05) is 26.2 Å². The second-order valence-corrected chi connectivity index (χ2v) is 11.2. The Hall–Kier alpha value is -3.27. The summed E-state index contributed by atoms with van der Waals surface area (Å²) in [6.07, 6.45) is 4.82. The van der Waals surface area contributed by atoms with Crippen LogP contribution in [0.4, 0.5) is 0 Å². The van der Waals surface area contributed by atoms with Gasteiger partial charge < -0.3 is 27.1 Å². The number of carbonyl (C=O) groups is 1. The third-order valence-electron chi connectivity index (χ3n) is 8.28. The Balaban J connectivity index is 1.26. The smallest absolute Gasteiger partial charge is 0.240 e. The standard InChI is InChI=1S/C32H43N7O/c1-22-20-39(31(40)29(33)18-23-12-13-24-7-2-3-8-25(24)17-23)27(9-6-15-36-32(34)35)21-38(22)16-14-26-19-37-30-11-5-4-10-28(26)30/h2-5,7-8,10-13,17,19,22,27,29,32,36-37H,6,9,14-16,18,20-21,33-35H2,1H3/t22-,27+,29-/m1/s1. The number of carbonyl (C=O) groups excluding carboxylic acids is 1. The zero-order chi connectivity index (χ0) is 28.1. The summed E-state index contributed by atoms with van der Waals surface area (Å²) in [5, 5.41) is 6.73. The number of piperazine rings is 1. The summed E-state index contributed by atoms with van der Waals surface area (Å²) in [7, 11) is 0. The second-order valence-electron chi connectivity index (χ2n) is 11.2. The second kappa shape index (κ2) is 12.9. The van der Waals surface area contributed by atoms with E-state index in [0.29, 0.717) is 19.5 Å². The largest absolute Gasteiger partial charge is 0.361 e. The van der Waals surface area contributed by atoms with E-state index >= 15 is 0 Å². The van der Waals surface area contributed by atoms with Crippen LogP contribution in [0.2, 0.25) is 0 Å². The number of nitrogens with one attached hydrogen (secondary N) is 2. The number of para-hydroxylation sites is 1. The molecule has 0 radical (unpaired) electrons. The van der Waals surface area contributed by atoms with Crippen molar-refractivity contribution < 1.29 is 4.79 Å². The highest BCUT2D eigenvalue weighted by atomic mass is 16.2. The van der Waals surface area contributed by atoms with E-state index in [0.717, 1.165) is 37.9 Å². The van der Waals surface area contributed by atoms with Gasteiger partial charge in [0, 0.05) is 48.8 Å². The van der Waals surface area contributed by atoms with Gasteiger partial charge in [-0.15, -0.1) is 0 Å². The molecule has 0 aliphatic carbocycles. The number of amides is 1. The van der Waals surface area contributed by atoms with Gasteiger partial charge in [0.15, 0.2) is 0 Å². The lowest BCUT2D eigenvalue weighted by molar-refractivity contribution is -0.139. The van der Waals surface area contributed by atoms with E-state index in [9.17, 15) is 4.79 Å². The fourth-order valence-corrected chi connectivity index (χ4v) is 6.06. The fraction of sp³-hybridized carbons (Fsp3) is 0.406. The van der Waals surface area contributed by atoms with Crippen molar-refractivity contribution in [2.45, 2.75) is 57.0 Å². The summed E-state index contributed by atoms with van der Waals surface area (Å²) >= 11 is 0. The molecule has 1 aliphatic heterocycles. The van der Waals surface area contributed by atoms with Gasteiger partial charge in [0.1, 0.15) is 6.29 Å². The van der Waals surface area contributed by atoms with Crippen molar-refractivity contribution in [2.24, 2.45) is 17.2 Å². The number of nitrogens with two attached hydrogens (primary N) is 3. The highest BCUT2D eigenvalue weighted by molar-refractivity contribution is 5.85. The molecule has 0 bridgehead atoms. The van der Waals surface area contributed by atoms with Crippen molar-refractivity contribution in [1.29, 1.82) is 0 Å². The van der Waals surface area contributed by atoms with Crippen LogP contribution in [0, 0.1) is 0 Å². The first-order chi connectivity index (χ1) is 19.4. The molecule has 0 spiro atoms. The van der Waals surface area contributed by atoms with Crippen LogP contribution >= 0.6 is 0 Å². The minimum Gasteiger partial charge on any atom is -0.361 e. The average molecular weight is 542 g/mol. The fourth-order valence-electron chi connectivity index (χ4n) is 6.06. The molecule has 8 nitrogen and oxygen atoms in total. The molecule has 1 amide bonds. The van der Waals surface area contributed by atoms with E-state index in [1.54, 1.807) is 0 Å². The third kappa shape index (κ3) is 6.71. The Morgan fingerprint density at radius 1 is 1.02 bits per heavy atom. The van der Waals surface area contributed by atoms with Gasteiger partial charge in [-0.3, -0.25) is 15.0 Å². The van der Waals surface area contributed by atoms with Gasteiger partial charge in [-0.05, 0) is 67.1 Å². The van der Waals surface area contributed by atoms with Crippen LogP contribution in [0.25, 0.3) is 21.7 Å². The molecule has 1 aromatic heterocycles.